The van der Waals surface area contributed by atoms with Gasteiger partial charge in [-0.25, -0.2) is 0 Å². The Hall–Kier alpha value is -3.33. The summed E-state index contributed by atoms with van der Waals surface area (Å²) in [6.45, 7) is 0. The van der Waals surface area contributed by atoms with Crippen molar-refractivity contribution in [3.05, 3.63) is 95.6 Å². The first kappa shape index (κ1) is 18.1. The Morgan fingerprint density at radius 1 is 0.857 bits per heavy atom. The SMILES string of the molecule is Cn1c(-c2ccccc2)c(CCc2ccccc2)c2cc(CC(=O)O)ccc21. The molecule has 140 valence electrons. The van der Waals surface area contributed by atoms with Gasteiger partial charge in [0.15, 0.2) is 0 Å². The molecule has 1 heterocycles. The molecule has 0 aliphatic carbocycles. The molecule has 3 heteroatoms. The molecule has 0 saturated carbocycles. The van der Waals surface area contributed by atoms with E-state index in [2.05, 4.69) is 66.2 Å². The van der Waals surface area contributed by atoms with E-state index >= 15 is 0 Å². The third kappa shape index (κ3) is 3.56. The largest absolute Gasteiger partial charge is 0.481 e. The van der Waals surface area contributed by atoms with Gasteiger partial charge in [0.25, 0.3) is 0 Å². The quantitative estimate of drug-likeness (QED) is 0.504. The number of carboxylic acids is 1. The van der Waals surface area contributed by atoms with E-state index in [9.17, 15) is 9.90 Å². The summed E-state index contributed by atoms with van der Waals surface area (Å²) in [6, 6.07) is 26.9. The third-order valence-corrected chi connectivity index (χ3v) is 5.28. The minimum absolute atomic E-state index is 0.0453. The van der Waals surface area contributed by atoms with Crippen LogP contribution < -0.4 is 0 Å². The second-order valence-corrected chi connectivity index (χ2v) is 7.16. The lowest BCUT2D eigenvalue weighted by Crippen LogP contribution is -1.99. The highest BCUT2D eigenvalue weighted by Gasteiger charge is 2.17. The van der Waals surface area contributed by atoms with Crippen LogP contribution in [0.2, 0.25) is 0 Å². The predicted molar refractivity (Wildman–Crippen MR) is 114 cm³/mol. The Bertz CT molecular complexity index is 1110. The van der Waals surface area contributed by atoms with E-state index < -0.39 is 5.97 Å². The van der Waals surface area contributed by atoms with E-state index in [1.807, 2.05) is 24.3 Å². The highest BCUT2D eigenvalue weighted by Crippen LogP contribution is 2.34. The first-order valence-corrected chi connectivity index (χ1v) is 9.55. The molecule has 0 atom stereocenters. The summed E-state index contributed by atoms with van der Waals surface area (Å²) >= 11 is 0. The average molecular weight is 369 g/mol. The van der Waals surface area contributed by atoms with Gasteiger partial charge < -0.3 is 9.67 Å². The van der Waals surface area contributed by atoms with Crippen LogP contribution >= 0.6 is 0 Å². The first-order valence-electron chi connectivity index (χ1n) is 9.55. The van der Waals surface area contributed by atoms with Gasteiger partial charge in [0.2, 0.25) is 0 Å². The van der Waals surface area contributed by atoms with Crippen LogP contribution in [0.5, 0.6) is 0 Å². The number of carbonyl (C=O) groups is 1. The van der Waals surface area contributed by atoms with Gasteiger partial charge >= 0.3 is 5.97 Å². The Kier molecular flexibility index (Phi) is 4.98. The van der Waals surface area contributed by atoms with E-state index in [0.717, 1.165) is 29.3 Å². The number of hydrogen-bond donors (Lipinski definition) is 1. The number of aromatic nitrogens is 1. The zero-order chi connectivity index (χ0) is 19.5. The fraction of sp³-hybridized carbons (Fsp3) is 0.160. The highest BCUT2D eigenvalue weighted by molar-refractivity contribution is 5.92. The van der Waals surface area contributed by atoms with E-state index in [-0.39, 0.29) is 6.42 Å². The fourth-order valence-corrected chi connectivity index (χ4v) is 3.98. The van der Waals surface area contributed by atoms with E-state index in [1.165, 1.54) is 22.4 Å². The van der Waals surface area contributed by atoms with Gasteiger partial charge in [-0.15, -0.1) is 0 Å². The zero-order valence-electron chi connectivity index (χ0n) is 15.9. The van der Waals surface area contributed by atoms with Crippen LogP contribution in [0.25, 0.3) is 22.2 Å². The molecule has 0 bridgehead atoms. The lowest BCUT2D eigenvalue weighted by molar-refractivity contribution is -0.136. The molecule has 0 fully saturated rings. The summed E-state index contributed by atoms with van der Waals surface area (Å²) in [7, 11) is 2.09. The summed E-state index contributed by atoms with van der Waals surface area (Å²) in [5.41, 5.74) is 6.95. The Balaban J connectivity index is 1.85. The maximum atomic E-state index is 11.2. The topological polar surface area (TPSA) is 42.2 Å². The number of nitrogens with zero attached hydrogens (tertiary/aromatic N) is 1. The molecule has 4 rings (SSSR count). The van der Waals surface area contributed by atoms with Gasteiger partial charge in [0.1, 0.15) is 0 Å². The average Bonchev–Trinajstić information content (AvgIpc) is 2.98. The maximum Gasteiger partial charge on any atom is 0.307 e. The second-order valence-electron chi connectivity index (χ2n) is 7.16. The van der Waals surface area contributed by atoms with Crippen LogP contribution in [-0.4, -0.2) is 15.6 Å². The first-order chi connectivity index (χ1) is 13.6. The molecule has 0 radical (unpaired) electrons. The molecule has 28 heavy (non-hydrogen) atoms. The lowest BCUT2D eigenvalue weighted by atomic mass is 9.97. The molecule has 0 unspecified atom stereocenters. The Morgan fingerprint density at radius 2 is 1.54 bits per heavy atom. The maximum absolute atomic E-state index is 11.2. The molecule has 0 spiro atoms. The molecule has 1 aromatic heterocycles. The molecule has 3 aromatic carbocycles. The van der Waals surface area contributed by atoms with Crippen molar-refractivity contribution in [1.29, 1.82) is 0 Å². The Labute approximate surface area is 164 Å². The lowest BCUT2D eigenvalue weighted by Gasteiger charge is -2.09. The van der Waals surface area contributed by atoms with Crippen molar-refractivity contribution >= 4 is 16.9 Å². The molecule has 4 aromatic rings. The number of carboxylic acid groups (broad SMARTS) is 1. The van der Waals surface area contributed by atoms with Crippen molar-refractivity contribution in [3.63, 3.8) is 0 Å². The number of rotatable bonds is 6. The van der Waals surface area contributed by atoms with Crippen LogP contribution in [0.3, 0.4) is 0 Å². The summed E-state index contributed by atoms with van der Waals surface area (Å²) in [5, 5.41) is 10.3. The smallest absolute Gasteiger partial charge is 0.307 e. The normalized spacial score (nSPS) is 11.0. The van der Waals surface area contributed by atoms with Crippen molar-refractivity contribution in [2.45, 2.75) is 19.3 Å². The van der Waals surface area contributed by atoms with E-state index in [0.29, 0.717) is 0 Å². The zero-order valence-corrected chi connectivity index (χ0v) is 15.9. The van der Waals surface area contributed by atoms with Gasteiger partial charge in [-0.3, -0.25) is 4.79 Å². The molecule has 0 aliphatic rings. The van der Waals surface area contributed by atoms with Crippen LogP contribution in [-0.2, 0) is 31.1 Å². The molecule has 1 N–H and O–H groups in total. The van der Waals surface area contributed by atoms with Crippen molar-refractivity contribution in [2.75, 3.05) is 0 Å². The molecular weight excluding hydrogens is 346 g/mol. The Morgan fingerprint density at radius 3 is 2.21 bits per heavy atom. The van der Waals surface area contributed by atoms with Crippen molar-refractivity contribution < 1.29 is 9.90 Å². The number of hydrogen-bond acceptors (Lipinski definition) is 1. The monoisotopic (exact) mass is 369 g/mol. The predicted octanol–water partition coefficient (Wildman–Crippen LogP) is 5.26. The van der Waals surface area contributed by atoms with Gasteiger partial charge in [-0.05, 0) is 47.2 Å². The van der Waals surface area contributed by atoms with Crippen LogP contribution in [0, 0.1) is 0 Å². The molecule has 0 amide bonds. The minimum atomic E-state index is -0.801. The van der Waals surface area contributed by atoms with Gasteiger partial charge in [0, 0.05) is 18.0 Å². The highest BCUT2D eigenvalue weighted by atomic mass is 16.4. The van der Waals surface area contributed by atoms with Gasteiger partial charge in [-0.2, -0.15) is 0 Å². The molecule has 0 aliphatic heterocycles. The number of fused-ring (bicyclic) bond motifs is 1. The standard InChI is InChI=1S/C25H23NO2/c1-26-23-15-13-19(17-24(27)28)16-22(23)21(14-12-18-8-4-2-5-9-18)25(26)20-10-6-3-7-11-20/h2-11,13,15-16H,12,14,17H2,1H3,(H,27,28). The minimum Gasteiger partial charge on any atom is -0.481 e. The van der Waals surface area contributed by atoms with Crippen molar-refractivity contribution in [2.24, 2.45) is 7.05 Å². The van der Waals surface area contributed by atoms with E-state index in [1.54, 1.807) is 0 Å². The number of aliphatic carboxylic acids is 1. The molecule has 0 saturated heterocycles. The third-order valence-electron chi connectivity index (χ3n) is 5.28. The summed E-state index contributed by atoms with van der Waals surface area (Å²) in [5.74, 6) is -0.801. The number of benzene rings is 3. The summed E-state index contributed by atoms with van der Waals surface area (Å²) in [6.07, 6.45) is 1.90. The summed E-state index contributed by atoms with van der Waals surface area (Å²) in [4.78, 5) is 11.2. The molecular formula is C25H23NO2. The van der Waals surface area contributed by atoms with Crippen molar-refractivity contribution in [3.8, 4) is 11.3 Å². The van der Waals surface area contributed by atoms with Gasteiger partial charge in [-0.1, -0.05) is 66.7 Å². The second kappa shape index (κ2) is 7.73. The summed E-state index contributed by atoms with van der Waals surface area (Å²) < 4.78 is 2.23. The van der Waals surface area contributed by atoms with Crippen LogP contribution in [0.15, 0.2) is 78.9 Å². The molecule has 3 nitrogen and oxygen atoms in total. The van der Waals surface area contributed by atoms with Crippen molar-refractivity contribution in [1.82, 2.24) is 4.57 Å². The number of aryl methyl sites for hydroxylation is 3. The van der Waals surface area contributed by atoms with Crippen LogP contribution in [0.4, 0.5) is 0 Å². The van der Waals surface area contributed by atoms with E-state index in [4.69, 9.17) is 0 Å². The fourth-order valence-electron chi connectivity index (χ4n) is 3.98. The van der Waals surface area contributed by atoms with Gasteiger partial charge in [0.05, 0.1) is 12.1 Å². The van der Waals surface area contributed by atoms with Crippen LogP contribution in [0.1, 0.15) is 16.7 Å².